The number of ether oxygens (including phenoxy) is 1. The molecule has 0 saturated carbocycles. The molecule has 4 heteroatoms. The van der Waals surface area contributed by atoms with E-state index >= 15 is 0 Å². The summed E-state index contributed by atoms with van der Waals surface area (Å²) in [5.41, 5.74) is 0.616. The van der Waals surface area contributed by atoms with Crippen molar-refractivity contribution in [3.05, 3.63) is 40.7 Å². The van der Waals surface area contributed by atoms with Gasteiger partial charge in [0.25, 0.3) is 5.56 Å². The number of nitrogens with zero attached hydrogens (tertiary/aromatic N) is 1. The molecule has 4 nitrogen and oxygen atoms in total. The van der Waals surface area contributed by atoms with Crippen LogP contribution in [0, 0.1) is 0 Å². The summed E-state index contributed by atoms with van der Waals surface area (Å²) in [5, 5.41) is 9.81. The molecule has 2 aromatic rings. The number of benzene rings is 1. The lowest BCUT2D eigenvalue weighted by Gasteiger charge is -2.11. The summed E-state index contributed by atoms with van der Waals surface area (Å²) in [6.07, 6.45) is 0. The standard InChI is InChI=1S/C12H13NO3/c1-16-11-8-12(15)13(6-7-14)10-5-3-2-4-9(10)11/h2-5,8,14H,6-7H2,1H3. The molecule has 0 aliphatic heterocycles. The number of methoxy groups -OCH3 is 1. The van der Waals surface area contributed by atoms with E-state index in [-0.39, 0.29) is 12.2 Å². The Balaban J connectivity index is 2.81. The third-order valence-electron chi connectivity index (χ3n) is 2.52. The normalized spacial score (nSPS) is 10.6. The average Bonchev–Trinajstić information content (AvgIpc) is 2.32. The molecule has 0 bridgehead atoms. The van der Waals surface area contributed by atoms with Gasteiger partial charge in [0.15, 0.2) is 0 Å². The highest BCUT2D eigenvalue weighted by atomic mass is 16.5. The first-order valence-corrected chi connectivity index (χ1v) is 5.05. The van der Waals surface area contributed by atoms with E-state index < -0.39 is 0 Å². The maximum absolute atomic E-state index is 11.8. The van der Waals surface area contributed by atoms with Gasteiger partial charge in [0, 0.05) is 18.0 Å². The fourth-order valence-electron chi connectivity index (χ4n) is 1.80. The minimum Gasteiger partial charge on any atom is -0.496 e. The molecule has 16 heavy (non-hydrogen) atoms. The highest BCUT2D eigenvalue weighted by molar-refractivity contribution is 5.85. The summed E-state index contributed by atoms with van der Waals surface area (Å²) in [6, 6.07) is 8.92. The van der Waals surface area contributed by atoms with Gasteiger partial charge in [-0.25, -0.2) is 0 Å². The Hall–Kier alpha value is -1.81. The Bertz CT molecular complexity index is 560. The zero-order valence-corrected chi connectivity index (χ0v) is 9.01. The molecule has 0 spiro atoms. The maximum atomic E-state index is 11.8. The predicted molar refractivity (Wildman–Crippen MR) is 61.8 cm³/mol. The van der Waals surface area contributed by atoms with E-state index in [4.69, 9.17) is 9.84 Å². The zero-order chi connectivity index (χ0) is 11.5. The van der Waals surface area contributed by atoms with E-state index in [1.165, 1.54) is 17.7 Å². The van der Waals surface area contributed by atoms with Gasteiger partial charge in [0.2, 0.25) is 0 Å². The summed E-state index contributed by atoms with van der Waals surface area (Å²) in [5.74, 6) is 0.565. The van der Waals surface area contributed by atoms with Gasteiger partial charge in [-0.2, -0.15) is 0 Å². The number of pyridine rings is 1. The van der Waals surface area contributed by atoms with Gasteiger partial charge in [0.1, 0.15) is 5.75 Å². The molecule has 0 saturated heterocycles. The molecule has 0 radical (unpaired) electrons. The van der Waals surface area contributed by atoms with Gasteiger partial charge < -0.3 is 14.4 Å². The highest BCUT2D eigenvalue weighted by Crippen LogP contribution is 2.22. The molecule has 0 aliphatic carbocycles. The zero-order valence-electron chi connectivity index (χ0n) is 9.01. The number of rotatable bonds is 3. The van der Waals surface area contributed by atoms with Gasteiger partial charge in [-0.1, -0.05) is 12.1 Å². The van der Waals surface area contributed by atoms with Crippen molar-refractivity contribution >= 4 is 10.9 Å². The predicted octanol–water partition coefficient (Wildman–Crippen LogP) is 1.00. The van der Waals surface area contributed by atoms with Crippen LogP contribution in [-0.2, 0) is 6.54 Å². The van der Waals surface area contributed by atoms with Crippen LogP contribution in [0.1, 0.15) is 0 Å². The molecule has 1 N–H and O–H groups in total. The quantitative estimate of drug-likeness (QED) is 0.838. The fourth-order valence-corrected chi connectivity index (χ4v) is 1.80. The Kier molecular flexibility index (Phi) is 2.92. The number of aliphatic hydroxyl groups is 1. The minimum absolute atomic E-state index is 0.0593. The molecule has 2 rings (SSSR count). The van der Waals surface area contributed by atoms with Gasteiger partial charge in [-0.3, -0.25) is 4.79 Å². The average molecular weight is 219 g/mol. The summed E-state index contributed by atoms with van der Waals surface area (Å²) in [4.78, 5) is 11.8. The van der Waals surface area contributed by atoms with Crippen LogP contribution in [0.2, 0.25) is 0 Å². The van der Waals surface area contributed by atoms with Crippen LogP contribution in [0.25, 0.3) is 10.9 Å². The third-order valence-corrected chi connectivity index (χ3v) is 2.52. The van der Waals surface area contributed by atoms with Crippen molar-refractivity contribution in [2.75, 3.05) is 13.7 Å². The first-order valence-electron chi connectivity index (χ1n) is 5.05. The van der Waals surface area contributed by atoms with Crippen LogP contribution in [0.3, 0.4) is 0 Å². The Morgan fingerprint density at radius 2 is 2.12 bits per heavy atom. The first-order chi connectivity index (χ1) is 7.77. The third kappa shape index (κ3) is 1.67. The summed E-state index contributed by atoms with van der Waals surface area (Å²) in [6.45, 7) is 0.236. The minimum atomic E-state index is -0.162. The lowest BCUT2D eigenvalue weighted by Crippen LogP contribution is -2.21. The Labute approximate surface area is 92.7 Å². The topological polar surface area (TPSA) is 51.5 Å². The summed E-state index contributed by atoms with van der Waals surface area (Å²) in [7, 11) is 1.54. The molecular weight excluding hydrogens is 206 g/mol. The van der Waals surface area contributed by atoms with Crippen molar-refractivity contribution in [3.63, 3.8) is 0 Å². The molecule has 1 aromatic heterocycles. The molecule has 0 aliphatic rings. The van der Waals surface area contributed by atoms with Crippen molar-refractivity contribution in [2.24, 2.45) is 0 Å². The van der Waals surface area contributed by atoms with Gasteiger partial charge in [-0.05, 0) is 12.1 Å². The second-order valence-electron chi connectivity index (χ2n) is 3.44. The van der Waals surface area contributed by atoms with E-state index in [2.05, 4.69) is 0 Å². The molecule has 0 atom stereocenters. The van der Waals surface area contributed by atoms with Crippen molar-refractivity contribution < 1.29 is 9.84 Å². The maximum Gasteiger partial charge on any atom is 0.254 e. The molecule has 0 amide bonds. The molecule has 84 valence electrons. The van der Waals surface area contributed by atoms with Crippen LogP contribution in [0.4, 0.5) is 0 Å². The van der Waals surface area contributed by atoms with Crippen molar-refractivity contribution in [1.82, 2.24) is 4.57 Å². The van der Waals surface area contributed by atoms with Gasteiger partial charge in [-0.15, -0.1) is 0 Å². The van der Waals surface area contributed by atoms with E-state index in [0.717, 1.165) is 10.9 Å². The molecule has 1 aromatic carbocycles. The van der Waals surface area contributed by atoms with E-state index in [1.54, 1.807) is 0 Å². The second kappa shape index (κ2) is 4.37. The fraction of sp³-hybridized carbons (Fsp3) is 0.250. The van der Waals surface area contributed by atoms with Crippen molar-refractivity contribution in [3.8, 4) is 5.75 Å². The number of aliphatic hydroxyl groups excluding tert-OH is 1. The lowest BCUT2D eigenvalue weighted by molar-refractivity contribution is 0.276. The summed E-state index contributed by atoms with van der Waals surface area (Å²) < 4.78 is 6.71. The monoisotopic (exact) mass is 219 g/mol. The molecule has 0 unspecified atom stereocenters. The van der Waals surface area contributed by atoms with E-state index in [0.29, 0.717) is 12.3 Å². The Morgan fingerprint density at radius 3 is 2.81 bits per heavy atom. The van der Waals surface area contributed by atoms with Crippen molar-refractivity contribution in [2.45, 2.75) is 6.54 Å². The van der Waals surface area contributed by atoms with E-state index in [9.17, 15) is 4.79 Å². The molecule has 0 fully saturated rings. The number of fused-ring (bicyclic) bond motifs is 1. The SMILES string of the molecule is COc1cc(=O)n(CCO)c2ccccc12. The van der Waals surface area contributed by atoms with Crippen LogP contribution in [0.5, 0.6) is 5.75 Å². The first kappa shape index (κ1) is 10.7. The number of para-hydroxylation sites is 1. The summed E-state index contributed by atoms with van der Waals surface area (Å²) >= 11 is 0. The van der Waals surface area contributed by atoms with Gasteiger partial charge in [0.05, 0.1) is 19.2 Å². The number of hydrogen-bond acceptors (Lipinski definition) is 3. The highest BCUT2D eigenvalue weighted by Gasteiger charge is 2.07. The van der Waals surface area contributed by atoms with Crippen LogP contribution in [-0.4, -0.2) is 23.4 Å². The van der Waals surface area contributed by atoms with Gasteiger partial charge >= 0.3 is 0 Å². The van der Waals surface area contributed by atoms with Crippen molar-refractivity contribution in [1.29, 1.82) is 0 Å². The van der Waals surface area contributed by atoms with Crippen LogP contribution in [0.15, 0.2) is 35.1 Å². The number of aromatic nitrogens is 1. The van der Waals surface area contributed by atoms with E-state index in [1.807, 2.05) is 24.3 Å². The lowest BCUT2D eigenvalue weighted by atomic mass is 10.2. The smallest absolute Gasteiger partial charge is 0.254 e. The Morgan fingerprint density at radius 1 is 1.38 bits per heavy atom. The van der Waals surface area contributed by atoms with Crippen LogP contribution >= 0.6 is 0 Å². The molecule has 1 heterocycles. The second-order valence-corrected chi connectivity index (χ2v) is 3.44. The molecular formula is C12H13NO3. The largest absolute Gasteiger partial charge is 0.496 e. The van der Waals surface area contributed by atoms with Crippen LogP contribution < -0.4 is 10.3 Å². The number of hydrogen-bond donors (Lipinski definition) is 1.